The van der Waals surface area contributed by atoms with Crippen molar-refractivity contribution in [3.8, 4) is 0 Å². The zero-order valence-corrected chi connectivity index (χ0v) is 6.72. The molecule has 0 saturated carbocycles. The van der Waals surface area contributed by atoms with E-state index in [-0.39, 0.29) is 0 Å². The van der Waals surface area contributed by atoms with Crippen molar-refractivity contribution >= 4 is 0 Å². The number of aliphatic hydroxyl groups is 1. The molecule has 1 nitrogen and oxygen atoms in total. The fourth-order valence-electron chi connectivity index (χ4n) is 1.04. The van der Waals surface area contributed by atoms with Crippen molar-refractivity contribution in [3.05, 3.63) is 0 Å². The fraction of sp³-hybridized carbons (Fsp3) is 1.00. The first kappa shape index (κ1) is 8.96. The Morgan fingerprint density at radius 2 is 1.89 bits per heavy atom. The summed E-state index contributed by atoms with van der Waals surface area (Å²) in [5, 5.41) is 8.77. The van der Waals surface area contributed by atoms with E-state index in [1.54, 1.807) is 0 Å². The molecule has 1 atom stereocenters. The summed E-state index contributed by atoms with van der Waals surface area (Å²) in [4.78, 5) is 0. The van der Waals surface area contributed by atoms with Gasteiger partial charge in [-0.2, -0.15) is 0 Å². The summed E-state index contributed by atoms with van der Waals surface area (Å²) < 4.78 is 0. The second-order valence-corrected chi connectivity index (χ2v) is 3.09. The van der Waals surface area contributed by atoms with Crippen LogP contribution in [-0.4, -0.2) is 11.7 Å². The molecular formula is C8H18O. The summed E-state index contributed by atoms with van der Waals surface area (Å²) in [5.41, 5.74) is 0. The van der Waals surface area contributed by atoms with Crippen molar-refractivity contribution in [2.75, 3.05) is 6.61 Å². The largest absolute Gasteiger partial charge is 0.396 e. The maximum Gasteiger partial charge on any atom is 0.0459 e. The van der Waals surface area contributed by atoms with Crippen molar-refractivity contribution < 1.29 is 5.11 Å². The van der Waals surface area contributed by atoms with E-state index < -0.39 is 0 Å². The smallest absolute Gasteiger partial charge is 0.0459 e. The number of hydrogen-bond acceptors (Lipinski definition) is 1. The van der Waals surface area contributed by atoms with Crippen LogP contribution in [0.15, 0.2) is 0 Å². The van der Waals surface area contributed by atoms with Gasteiger partial charge in [0.15, 0.2) is 0 Å². The van der Waals surface area contributed by atoms with Crippen LogP contribution in [0.3, 0.4) is 0 Å². The monoisotopic (exact) mass is 130 g/mol. The SMILES string of the molecule is CC[C@@H](CO)CC(C)C. The molecule has 0 aromatic rings. The maximum atomic E-state index is 8.77. The molecule has 0 aliphatic carbocycles. The Hall–Kier alpha value is -0.0400. The lowest BCUT2D eigenvalue weighted by atomic mass is 9.96. The fourth-order valence-corrected chi connectivity index (χ4v) is 1.04. The van der Waals surface area contributed by atoms with Crippen molar-refractivity contribution in [1.29, 1.82) is 0 Å². The Morgan fingerprint density at radius 1 is 1.33 bits per heavy atom. The molecule has 0 amide bonds. The highest BCUT2D eigenvalue weighted by Gasteiger charge is 2.05. The van der Waals surface area contributed by atoms with Crippen LogP contribution >= 0.6 is 0 Å². The van der Waals surface area contributed by atoms with Gasteiger partial charge in [-0.1, -0.05) is 27.2 Å². The highest BCUT2D eigenvalue weighted by molar-refractivity contribution is 4.56. The molecule has 0 aromatic carbocycles. The number of hydrogen-bond donors (Lipinski definition) is 1. The number of aliphatic hydroxyl groups excluding tert-OH is 1. The highest BCUT2D eigenvalue weighted by Crippen LogP contribution is 2.13. The molecule has 0 aliphatic heterocycles. The molecule has 56 valence electrons. The van der Waals surface area contributed by atoms with Gasteiger partial charge in [0, 0.05) is 6.61 Å². The van der Waals surface area contributed by atoms with E-state index >= 15 is 0 Å². The molecular weight excluding hydrogens is 112 g/mol. The first-order valence-corrected chi connectivity index (χ1v) is 3.81. The lowest BCUT2D eigenvalue weighted by Gasteiger charge is -2.12. The van der Waals surface area contributed by atoms with Crippen molar-refractivity contribution in [1.82, 2.24) is 0 Å². The highest BCUT2D eigenvalue weighted by atomic mass is 16.3. The predicted octanol–water partition coefficient (Wildman–Crippen LogP) is 2.05. The van der Waals surface area contributed by atoms with Crippen LogP contribution in [0, 0.1) is 11.8 Å². The first-order chi connectivity index (χ1) is 4.20. The molecule has 0 spiro atoms. The van der Waals surface area contributed by atoms with E-state index in [2.05, 4.69) is 20.8 Å². The van der Waals surface area contributed by atoms with E-state index in [0.29, 0.717) is 12.5 Å². The summed E-state index contributed by atoms with van der Waals surface area (Å²) >= 11 is 0. The summed E-state index contributed by atoms with van der Waals surface area (Å²) in [6.45, 7) is 6.87. The minimum atomic E-state index is 0.356. The van der Waals surface area contributed by atoms with Gasteiger partial charge in [-0.05, 0) is 18.3 Å². The standard InChI is InChI=1S/C8H18O/c1-4-8(6-9)5-7(2)3/h7-9H,4-6H2,1-3H3/t8-/m1/s1. The van der Waals surface area contributed by atoms with Gasteiger partial charge in [0.1, 0.15) is 0 Å². The Bertz CT molecular complexity index is 55.6. The molecule has 0 aromatic heterocycles. The molecule has 9 heavy (non-hydrogen) atoms. The molecule has 0 fully saturated rings. The second-order valence-electron chi connectivity index (χ2n) is 3.09. The molecule has 0 radical (unpaired) electrons. The third kappa shape index (κ3) is 4.46. The van der Waals surface area contributed by atoms with Crippen LogP contribution < -0.4 is 0 Å². The van der Waals surface area contributed by atoms with Crippen LogP contribution in [0.1, 0.15) is 33.6 Å². The maximum absolute atomic E-state index is 8.77. The lowest BCUT2D eigenvalue weighted by molar-refractivity contribution is 0.202. The second kappa shape index (κ2) is 4.80. The van der Waals surface area contributed by atoms with Crippen LogP contribution in [-0.2, 0) is 0 Å². The molecule has 0 unspecified atom stereocenters. The molecule has 0 rings (SSSR count). The Balaban J connectivity index is 3.31. The Morgan fingerprint density at radius 3 is 2.00 bits per heavy atom. The summed E-state index contributed by atoms with van der Waals surface area (Å²) in [5.74, 6) is 1.26. The van der Waals surface area contributed by atoms with Gasteiger partial charge in [0.2, 0.25) is 0 Å². The minimum Gasteiger partial charge on any atom is -0.396 e. The first-order valence-electron chi connectivity index (χ1n) is 3.81. The van der Waals surface area contributed by atoms with Gasteiger partial charge in [0.05, 0.1) is 0 Å². The van der Waals surface area contributed by atoms with Gasteiger partial charge in [-0.3, -0.25) is 0 Å². The summed E-state index contributed by atoms with van der Waals surface area (Å²) in [6, 6.07) is 0. The van der Waals surface area contributed by atoms with Crippen molar-refractivity contribution in [2.24, 2.45) is 11.8 Å². The topological polar surface area (TPSA) is 20.2 Å². The van der Waals surface area contributed by atoms with E-state index in [4.69, 9.17) is 5.11 Å². The van der Waals surface area contributed by atoms with Gasteiger partial charge in [-0.25, -0.2) is 0 Å². The minimum absolute atomic E-state index is 0.356. The van der Waals surface area contributed by atoms with Gasteiger partial charge >= 0.3 is 0 Å². The van der Waals surface area contributed by atoms with Crippen LogP contribution in [0.25, 0.3) is 0 Å². The Labute approximate surface area is 58.1 Å². The van der Waals surface area contributed by atoms with Gasteiger partial charge in [-0.15, -0.1) is 0 Å². The van der Waals surface area contributed by atoms with Gasteiger partial charge < -0.3 is 5.11 Å². The molecule has 0 aliphatic rings. The van der Waals surface area contributed by atoms with Crippen LogP contribution in [0.5, 0.6) is 0 Å². The predicted molar refractivity (Wildman–Crippen MR) is 40.3 cm³/mol. The molecule has 0 bridgehead atoms. The van der Waals surface area contributed by atoms with Crippen LogP contribution in [0.4, 0.5) is 0 Å². The quantitative estimate of drug-likeness (QED) is 0.617. The molecule has 0 heterocycles. The van der Waals surface area contributed by atoms with E-state index in [1.807, 2.05) is 0 Å². The Kier molecular flexibility index (Phi) is 4.78. The van der Waals surface area contributed by atoms with E-state index in [9.17, 15) is 0 Å². The van der Waals surface area contributed by atoms with E-state index in [0.717, 1.165) is 18.8 Å². The molecule has 1 heteroatoms. The average molecular weight is 130 g/mol. The third-order valence-electron chi connectivity index (χ3n) is 1.64. The number of rotatable bonds is 4. The third-order valence-corrected chi connectivity index (χ3v) is 1.64. The van der Waals surface area contributed by atoms with E-state index in [1.165, 1.54) is 0 Å². The zero-order valence-electron chi connectivity index (χ0n) is 6.72. The lowest BCUT2D eigenvalue weighted by Crippen LogP contribution is -2.07. The van der Waals surface area contributed by atoms with Crippen LogP contribution in [0.2, 0.25) is 0 Å². The van der Waals surface area contributed by atoms with Gasteiger partial charge in [0.25, 0.3) is 0 Å². The summed E-state index contributed by atoms with van der Waals surface area (Å²) in [7, 11) is 0. The zero-order chi connectivity index (χ0) is 7.28. The van der Waals surface area contributed by atoms with Crippen molar-refractivity contribution in [2.45, 2.75) is 33.6 Å². The average Bonchev–Trinajstić information content (AvgIpc) is 1.82. The summed E-state index contributed by atoms with van der Waals surface area (Å²) in [6.07, 6.45) is 2.27. The normalized spacial score (nSPS) is 14.3. The molecule has 0 saturated heterocycles. The molecule has 1 N–H and O–H groups in total. The van der Waals surface area contributed by atoms with Crippen molar-refractivity contribution in [3.63, 3.8) is 0 Å².